The molecule has 7 heteroatoms. The fourth-order valence-corrected chi connectivity index (χ4v) is 3.89. The number of morpholine rings is 1. The molecule has 1 aliphatic rings. The summed E-state index contributed by atoms with van der Waals surface area (Å²) in [5.41, 5.74) is 2.05. The molecule has 0 amide bonds. The van der Waals surface area contributed by atoms with Crippen molar-refractivity contribution in [3.05, 3.63) is 57.6 Å². The van der Waals surface area contributed by atoms with Crippen molar-refractivity contribution in [3.63, 3.8) is 0 Å². The molecule has 0 aliphatic carbocycles. The summed E-state index contributed by atoms with van der Waals surface area (Å²) in [5, 5.41) is 4.73. The minimum absolute atomic E-state index is 0.374. The van der Waals surface area contributed by atoms with E-state index in [0.29, 0.717) is 34.8 Å². The van der Waals surface area contributed by atoms with Gasteiger partial charge in [-0.3, -0.25) is 4.90 Å². The number of nitrogens with one attached hydrogen (secondary N) is 1. The second kappa shape index (κ2) is 12.4. The van der Waals surface area contributed by atoms with Gasteiger partial charge in [-0.1, -0.05) is 35.3 Å². The molecule has 0 radical (unpaired) electrons. The minimum atomic E-state index is 0.374. The number of rotatable bonds is 11. The van der Waals surface area contributed by atoms with Gasteiger partial charge in [0.25, 0.3) is 0 Å². The van der Waals surface area contributed by atoms with E-state index in [0.717, 1.165) is 63.5 Å². The zero-order chi connectivity index (χ0) is 21.2. The van der Waals surface area contributed by atoms with E-state index in [4.69, 9.17) is 37.4 Å². The number of hydrogen-bond acceptors (Lipinski definition) is 5. The van der Waals surface area contributed by atoms with E-state index in [1.165, 1.54) is 0 Å². The van der Waals surface area contributed by atoms with Crippen LogP contribution >= 0.6 is 23.2 Å². The molecule has 1 fully saturated rings. The van der Waals surface area contributed by atoms with Crippen molar-refractivity contribution in [2.24, 2.45) is 0 Å². The molecule has 2 aromatic carbocycles. The first-order valence-corrected chi connectivity index (χ1v) is 11.2. The van der Waals surface area contributed by atoms with Gasteiger partial charge in [-0.2, -0.15) is 0 Å². The summed E-state index contributed by atoms with van der Waals surface area (Å²) in [6.45, 7) is 9.40. The van der Waals surface area contributed by atoms with Crippen molar-refractivity contribution in [2.75, 3.05) is 46.0 Å². The Morgan fingerprint density at radius 3 is 2.67 bits per heavy atom. The maximum Gasteiger partial charge on any atom is 0.180 e. The molecule has 1 saturated heterocycles. The predicted octanol–water partition coefficient (Wildman–Crippen LogP) is 4.78. The second-order valence-electron chi connectivity index (χ2n) is 7.24. The fourth-order valence-electron chi connectivity index (χ4n) is 3.39. The molecule has 3 rings (SSSR count). The summed E-state index contributed by atoms with van der Waals surface area (Å²) in [6.07, 6.45) is 1.10. The molecule has 2 aromatic rings. The van der Waals surface area contributed by atoms with Gasteiger partial charge in [0.1, 0.15) is 6.61 Å². The first kappa shape index (κ1) is 23.2. The monoisotopic (exact) mass is 452 g/mol. The normalized spacial score (nSPS) is 14.6. The Morgan fingerprint density at radius 2 is 1.90 bits per heavy atom. The molecule has 1 aliphatic heterocycles. The average molecular weight is 453 g/mol. The molecule has 0 saturated carbocycles. The third kappa shape index (κ3) is 7.33. The summed E-state index contributed by atoms with van der Waals surface area (Å²) in [7, 11) is 0. The number of benzene rings is 2. The van der Waals surface area contributed by atoms with Crippen LogP contribution in [-0.2, 0) is 17.9 Å². The highest BCUT2D eigenvalue weighted by molar-refractivity contribution is 6.32. The molecule has 164 valence electrons. The van der Waals surface area contributed by atoms with Crippen LogP contribution in [0.25, 0.3) is 0 Å². The molecule has 1 heterocycles. The molecule has 0 unspecified atom stereocenters. The van der Waals surface area contributed by atoms with Crippen LogP contribution in [0.15, 0.2) is 36.4 Å². The summed E-state index contributed by atoms with van der Waals surface area (Å²) in [6, 6.07) is 11.5. The third-order valence-electron chi connectivity index (χ3n) is 4.90. The van der Waals surface area contributed by atoms with Gasteiger partial charge in [-0.25, -0.2) is 0 Å². The SMILES string of the molecule is CCOc1cc(CNCCCN2CCOCC2)cc(Cl)c1OCc1cccc(Cl)c1. The van der Waals surface area contributed by atoms with Crippen LogP contribution < -0.4 is 14.8 Å². The van der Waals surface area contributed by atoms with Gasteiger partial charge in [0.05, 0.1) is 24.8 Å². The lowest BCUT2D eigenvalue weighted by molar-refractivity contribution is 0.0374. The lowest BCUT2D eigenvalue weighted by Gasteiger charge is -2.26. The Bertz CT molecular complexity index is 798. The molecule has 0 spiro atoms. The van der Waals surface area contributed by atoms with E-state index in [-0.39, 0.29) is 0 Å². The molecule has 5 nitrogen and oxygen atoms in total. The summed E-state index contributed by atoms with van der Waals surface area (Å²) in [5.74, 6) is 1.23. The molecular weight excluding hydrogens is 423 g/mol. The van der Waals surface area contributed by atoms with Crippen molar-refractivity contribution in [1.29, 1.82) is 0 Å². The fraction of sp³-hybridized carbons (Fsp3) is 0.478. The smallest absolute Gasteiger partial charge is 0.180 e. The van der Waals surface area contributed by atoms with E-state index in [1.54, 1.807) is 0 Å². The molecular formula is C23H30Cl2N2O3. The lowest BCUT2D eigenvalue weighted by atomic mass is 10.2. The van der Waals surface area contributed by atoms with Crippen LogP contribution in [0.2, 0.25) is 10.0 Å². The summed E-state index contributed by atoms with van der Waals surface area (Å²) in [4.78, 5) is 2.45. The van der Waals surface area contributed by atoms with Crippen molar-refractivity contribution >= 4 is 23.2 Å². The van der Waals surface area contributed by atoms with Crippen LogP contribution in [0.3, 0.4) is 0 Å². The zero-order valence-corrected chi connectivity index (χ0v) is 19.0. The van der Waals surface area contributed by atoms with Crippen LogP contribution in [0.1, 0.15) is 24.5 Å². The Hall–Kier alpha value is -1.50. The summed E-state index contributed by atoms with van der Waals surface area (Å²) < 4.78 is 17.2. The number of hydrogen-bond donors (Lipinski definition) is 1. The zero-order valence-electron chi connectivity index (χ0n) is 17.5. The summed E-state index contributed by atoms with van der Waals surface area (Å²) >= 11 is 12.6. The third-order valence-corrected chi connectivity index (χ3v) is 5.42. The van der Waals surface area contributed by atoms with Gasteiger partial charge in [0, 0.05) is 24.7 Å². The highest BCUT2D eigenvalue weighted by Crippen LogP contribution is 2.37. The first-order valence-electron chi connectivity index (χ1n) is 10.5. The maximum absolute atomic E-state index is 6.53. The predicted molar refractivity (Wildman–Crippen MR) is 122 cm³/mol. The van der Waals surface area contributed by atoms with E-state index >= 15 is 0 Å². The van der Waals surface area contributed by atoms with Crippen molar-refractivity contribution < 1.29 is 14.2 Å². The lowest BCUT2D eigenvalue weighted by Crippen LogP contribution is -2.37. The molecule has 0 aromatic heterocycles. The molecule has 0 atom stereocenters. The minimum Gasteiger partial charge on any atom is -0.490 e. The van der Waals surface area contributed by atoms with Crippen molar-refractivity contribution in [3.8, 4) is 11.5 Å². The van der Waals surface area contributed by atoms with Crippen molar-refractivity contribution in [2.45, 2.75) is 26.5 Å². The van der Waals surface area contributed by atoms with Crippen LogP contribution in [0.4, 0.5) is 0 Å². The quantitative estimate of drug-likeness (QED) is 0.496. The van der Waals surface area contributed by atoms with Gasteiger partial charge in [-0.05, 0) is 61.8 Å². The highest BCUT2D eigenvalue weighted by Gasteiger charge is 2.13. The number of ether oxygens (including phenoxy) is 3. The maximum atomic E-state index is 6.53. The Balaban J connectivity index is 1.52. The van der Waals surface area contributed by atoms with Gasteiger partial charge >= 0.3 is 0 Å². The van der Waals surface area contributed by atoms with Gasteiger partial charge in [-0.15, -0.1) is 0 Å². The van der Waals surface area contributed by atoms with Gasteiger partial charge in [0.2, 0.25) is 0 Å². The standard InChI is InChI=1S/C23H30Cl2N2O3/c1-2-29-22-15-19(16-26-7-4-8-27-9-11-28-12-10-27)14-21(25)23(22)30-17-18-5-3-6-20(24)13-18/h3,5-6,13-15,26H,2,4,7-12,16-17H2,1H3. The Morgan fingerprint density at radius 1 is 1.07 bits per heavy atom. The highest BCUT2D eigenvalue weighted by atomic mass is 35.5. The van der Waals surface area contributed by atoms with Gasteiger partial charge < -0.3 is 19.5 Å². The van der Waals surface area contributed by atoms with Crippen LogP contribution in [0, 0.1) is 0 Å². The molecule has 30 heavy (non-hydrogen) atoms. The van der Waals surface area contributed by atoms with Gasteiger partial charge in [0.15, 0.2) is 11.5 Å². The number of halogens is 2. The van der Waals surface area contributed by atoms with Crippen LogP contribution in [0.5, 0.6) is 11.5 Å². The van der Waals surface area contributed by atoms with Crippen molar-refractivity contribution in [1.82, 2.24) is 10.2 Å². The molecule has 1 N–H and O–H groups in total. The molecule has 0 bridgehead atoms. The Kier molecular flexibility index (Phi) is 9.56. The average Bonchev–Trinajstić information content (AvgIpc) is 2.74. The first-order chi connectivity index (χ1) is 14.7. The van der Waals surface area contributed by atoms with E-state index in [2.05, 4.69) is 10.2 Å². The Labute approximate surface area is 189 Å². The topological polar surface area (TPSA) is 43.0 Å². The second-order valence-corrected chi connectivity index (χ2v) is 8.08. The van der Waals surface area contributed by atoms with E-state index in [9.17, 15) is 0 Å². The van der Waals surface area contributed by atoms with E-state index in [1.807, 2.05) is 43.3 Å². The number of nitrogens with zero attached hydrogens (tertiary/aromatic N) is 1. The largest absolute Gasteiger partial charge is 0.490 e. The van der Waals surface area contributed by atoms with E-state index < -0.39 is 0 Å². The van der Waals surface area contributed by atoms with Crippen LogP contribution in [-0.4, -0.2) is 50.9 Å².